The van der Waals surface area contributed by atoms with Crippen molar-refractivity contribution >= 4 is 0 Å². The van der Waals surface area contributed by atoms with E-state index in [1.807, 2.05) is 0 Å². The second-order valence-electron chi connectivity index (χ2n) is 4.33. The first-order valence-corrected chi connectivity index (χ1v) is 6.23. The molecular formula is C12H25NO2. The second kappa shape index (κ2) is 8.08. The molecule has 0 aromatic rings. The van der Waals surface area contributed by atoms with E-state index in [0.29, 0.717) is 12.0 Å². The molecule has 1 aliphatic heterocycles. The van der Waals surface area contributed by atoms with E-state index in [4.69, 9.17) is 9.47 Å². The van der Waals surface area contributed by atoms with Crippen LogP contribution in [0.4, 0.5) is 0 Å². The molecule has 90 valence electrons. The van der Waals surface area contributed by atoms with Gasteiger partial charge in [-0.2, -0.15) is 0 Å². The van der Waals surface area contributed by atoms with Crippen LogP contribution in [0.5, 0.6) is 0 Å². The van der Waals surface area contributed by atoms with E-state index < -0.39 is 0 Å². The van der Waals surface area contributed by atoms with Gasteiger partial charge in [-0.25, -0.2) is 0 Å². The molecule has 0 bridgehead atoms. The minimum absolute atomic E-state index is 0.582. The third-order valence-corrected chi connectivity index (χ3v) is 2.95. The van der Waals surface area contributed by atoms with Gasteiger partial charge in [0.15, 0.2) is 0 Å². The number of ether oxygens (including phenoxy) is 2. The smallest absolute Gasteiger partial charge is 0.0509 e. The van der Waals surface area contributed by atoms with Crippen molar-refractivity contribution < 1.29 is 9.47 Å². The highest BCUT2D eigenvalue weighted by atomic mass is 16.5. The zero-order valence-electron chi connectivity index (χ0n) is 10.1. The zero-order valence-corrected chi connectivity index (χ0v) is 10.1. The lowest BCUT2D eigenvalue weighted by Crippen LogP contribution is -2.34. The summed E-state index contributed by atoms with van der Waals surface area (Å²) in [5.41, 5.74) is 0. The lowest BCUT2D eigenvalue weighted by atomic mass is 10.0. The summed E-state index contributed by atoms with van der Waals surface area (Å²) in [7, 11) is 0. The van der Waals surface area contributed by atoms with Gasteiger partial charge in [-0.05, 0) is 38.6 Å². The molecule has 1 saturated heterocycles. The molecule has 3 heteroatoms. The van der Waals surface area contributed by atoms with Crippen LogP contribution in [0.1, 0.15) is 33.1 Å². The van der Waals surface area contributed by atoms with Crippen molar-refractivity contribution in [3.05, 3.63) is 0 Å². The molecule has 0 saturated carbocycles. The third-order valence-electron chi connectivity index (χ3n) is 2.95. The minimum atomic E-state index is 0.582. The van der Waals surface area contributed by atoms with Crippen LogP contribution in [0.25, 0.3) is 0 Å². The van der Waals surface area contributed by atoms with Crippen molar-refractivity contribution in [3.63, 3.8) is 0 Å². The van der Waals surface area contributed by atoms with Gasteiger partial charge in [0.1, 0.15) is 0 Å². The van der Waals surface area contributed by atoms with Crippen LogP contribution >= 0.6 is 0 Å². The van der Waals surface area contributed by atoms with Crippen molar-refractivity contribution in [2.24, 2.45) is 5.92 Å². The van der Waals surface area contributed by atoms with E-state index in [9.17, 15) is 0 Å². The molecule has 0 amide bonds. The summed E-state index contributed by atoms with van der Waals surface area (Å²) in [6.07, 6.45) is 3.43. The van der Waals surface area contributed by atoms with Gasteiger partial charge in [-0.3, -0.25) is 0 Å². The van der Waals surface area contributed by atoms with E-state index in [-0.39, 0.29) is 0 Å². The Kier molecular flexibility index (Phi) is 6.98. The Morgan fingerprint density at radius 3 is 3.00 bits per heavy atom. The number of hydrogen-bond acceptors (Lipinski definition) is 3. The standard InChI is InChI=1S/C12H25NO2/c1-3-7-14-8-4-6-13-11(2)12-5-9-15-10-12/h11-13H,3-10H2,1-2H3. The number of rotatable bonds is 8. The fourth-order valence-electron chi connectivity index (χ4n) is 1.86. The van der Waals surface area contributed by atoms with Crippen molar-refractivity contribution in [2.45, 2.75) is 39.2 Å². The topological polar surface area (TPSA) is 30.5 Å². The van der Waals surface area contributed by atoms with Gasteiger partial charge in [-0.1, -0.05) is 6.92 Å². The van der Waals surface area contributed by atoms with Gasteiger partial charge in [-0.15, -0.1) is 0 Å². The average Bonchev–Trinajstić information content (AvgIpc) is 2.76. The SMILES string of the molecule is CCCOCCCNC(C)C1CCOC1. The van der Waals surface area contributed by atoms with Crippen LogP contribution in [-0.2, 0) is 9.47 Å². The summed E-state index contributed by atoms with van der Waals surface area (Å²) < 4.78 is 10.8. The number of nitrogens with one attached hydrogen (secondary N) is 1. The van der Waals surface area contributed by atoms with E-state index in [0.717, 1.165) is 45.8 Å². The van der Waals surface area contributed by atoms with Gasteiger partial charge < -0.3 is 14.8 Å². The van der Waals surface area contributed by atoms with Gasteiger partial charge in [0, 0.05) is 25.9 Å². The van der Waals surface area contributed by atoms with E-state index in [2.05, 4.69) is 19.2 Å². The Morgan fingerprint density at radius 2 is 2.33 bits per heavy atom. The monoisotopic (exact) mass is 215 g/mol. The Hall–Kier alpha value is -0.120. The van der Waals surface area contributed by atoms with Gasteiger partial charge in [0.2, 0.25) is 0 Å². The van der Waals surface area contributed by atoms with Crippen LogP contribution < -0.4 is 5.32 Å². The lowest BCUT2D eigenvalue weighted by Gasteiger charge is -2.19. The Bertz CT molecular complexity index is 147. The maximum atomic E-state index is 5.43. The van der Waals surface area contributed by atoms with Gasteiger partial charge in [0.05, 0.1) is 6.61 Å². The molecule has 2 unspecified atom stereocenters. The molecule has 2 atom stereocenters. The van der Waals surface area contributed by atoms with E-state index >= 15 is 0 Å². The Morgan fingerprint density at radius 1 is 1.47 bits per heavy atom. The largest absolute Gasteiger partial charge is 0.381 e. The zero-order chi connectivity index (χ0) is 10.9. The summed E-state index contributed by atoms with van der Waals surface area (Å²) in [5, 5.41) is 3.54. The fraction of sp³-hybridized carbons (Fsp3) is 1.00. The summed E-state index contributed by atoms with van der Waals surface area (Å²) in [6, 6.07) is 0.582. The van der Waals surface area contributed by atoms with Crippen molar-refractivity contribution in [1.29, 1.82) is 0 Å². The highest BCUT2D eigenvalue weighted by Gasteiger charge is 2.21. The second-order valence-corrected chi connectivity index (χ2v) is 4.33. The van der Waals surface area contributed by atoms with Crippen molar-refractivity contribution in [2.75, 3.05) is 33.0 Å². The van der Waals surface area contributed by atoms with E-state index in [1.54, 1.807) is 0 Å². The maximum Gasteiger partial charge on any atom is 0.0509 e. The fourth-order valence-corrected chi connectivity index (χ4v) is 1.86. The molecule has 1 rings (SSSR count). The first-order valence-electron chi connectivity index (χ1n) is 6.23. The molecule has 0 spiro atoms. The summed E-state index contributed by atoms with van der Waals surface area (Å²) >= 11 is 0. The van der Waals surface area contributed by atoms with Gasteiger partial charge in [0.25, 0.3) is 0 Å². The third kappa shape index (κ3) is 5.50. The van der Waals surface area contributed by atoms with Crippen LogP contribution in [-0.4, -0.2) is 39.0 Å². The van der Waals surface area contributed by atoms with E-state index in [1.165, 1.54) is 6.42 Å². The predicted molar refractivity (Wildman–Crippen MR) is 62.1 cm³/mol. The quantitative estimate of drug-likeness (QED) is 0.626. The molecule has 1 heterocycles. The average molecular weight is 215 g/mol. The van der Waals surface area contributed by atoms with Crippen LogP contribution in [0, 0.1) is 5.92 Å². The van der Waals surface area contributed by atoms with Crippen LogP contribution in [0.15, 0.2) is 0 Å². The predicted octanol–water partition coefficient (Wildman–Crippen LogP) is 1.82. The molecule has 3 nitrogen and oxygen atoms in total. The lowest BCUT2D eigenvalue weighted by molar-refractivity contribution is 0.130. The highest BCUT2D eigenvalue weighted by molar-refractivity contribution is 4.75. The van der Waals surface area contributed by atoms with Gasteiger partial charge >= 0.3 is 0 Å². The molecule has 0 aromatic carbocycles. The molecule has 0 aromatic heterocycles. The number of hydrogen-bond donors (Lipinski definition) is 1. The summed E-state index contributed by atoms with van der Waals surface area (Å²) in [5.74, 6) is 0.710. The molecular weight excluding hydrogens is 190 g/mol. The first kappa shape index (κ1) is 12.9. The molecule has 0 radical (unpaired) electrons. The molecule has 15 heavy (non-hydrogen) atoms. The highest BCUT2D eigenvalue weighted by Crippen LogP contribution is 2.16. The van der Waals surface area contributed by atoms with Crippen LogP contribution in [0.2, 0.25) is 0 Å². The van der Waals surface area contributed by atoms with Crippen molar-refractivity contribution in [3.8, 4) is 0 Å². The normalized spacial score (nSPS) is 23.2. The molecule has 1 aliphatic rings. The Labute approximate surface area is 93.5 Å². The summed E-state index contributed by atoms with van der Waals surface area (Å²) in [4.78, 5) is 0. The summed E-state index contributed by atoms with van der Waals surface area (Å²) in [6.45, 7) is 9.10. The first-order chi connectivity index (χ1) is 7.34. The van der Waals surface area contributed by atoms with Crippen molar-refractivity contribution in [1.82, 2.24) is 5.32 Å². The molecule has 0 aliphatic carbocycles. The minimum Gasteiger partial charge on any atom is -0.381 e. The van der Waals surface area contributed by atoms with Crippen LogP contribution in [0.3, 0.4) is 0 Å². The molecule has 1 N–H and O–H groups in total. The molecule has 1 fully saturated rings. The Balaban J connectivity index is 1.90. The maximum absolute atomic E-state index is 5.43.